The summed E-state index contributed by atoms with van der Waals surface area (Å²) in [6.45, 7) is 9.41. The molecular formula is C33H53NO7. The van der Waals surface area contributed by atoms with Crippen LogP contribution in [0.15, 0.2) is 0 Å². The molecule has 0 bridgehead atoms. The molecule has 232 valence electrons. The minimum Gasteiger partial charge on any atom is -0.394 e. The number of carbonyl (C=O) groups is 1. The van der Waals surface area contributed by atoms with Gasteiger partial charge in [-0.1, -0.05) is 20.8 Å². The SMILES string of the molecule is C[C@@H]1CC[C@H]2[C@H](C)[C@@H]3CC[C@@H]4[C@@H](C[C@H]5[C@H]4CC(=O)[C@H]4C[C@@H](O[C@@H]6O[C@H](CO)[C@@H](O)[C@H](O)[C@H]6O)CC[C@@]45C)[C@@H]3CN2C1. The van der Waals surface area contributed by atoms with Gasteiger partial charge in [-0.25, -0.2) is 0 Å². The molecule has 0 spiro atoms. The molecule has 3 heterocycles. The maximum absolute atomic E-state index is 13.9. The summed E-state index contributed by atoms with van der Waals surface area (Å²) in [5.74, 6) is 6.08. The maximum atomic E-state index is 13.9. The molecular weight excluding hydrogens is 522 g/mol. The van der Waals surface area contributed by atoms with E-state index < -0.39 is 37.3 Å². The van der Waals surface area contributed by atoms with Crippen LogP contribution < -0.4 is 0 Å². The van der Waals surface area contributed by atoms with Gasteiger partial charge in [-0.15, -0.1) is 0 Å². The average Bonchev–Trinajstić information content (AvgIpc) is 3.34. The second-order valence-corrected chi connectivity index (χ2v) is 15.8. The van der Waals surface area contributed by atoms with Crippen molar-refractivity contribution >= 4 is 5.78 Å². The molecule has 0 aromatic rings. The molecule has 0 aromatic carbocycles. The van der Waals surface area contributed by atoms with Crippen LogP contribution in [0.3, 0.4) is 0 Å². The van der Waals surface area contributed by atoms with Crippen LogP contribution in [0.25, 0.3) is 0 Å². The second-order valence-electron chi connectivity index (χ2n) is 15.8. The highest BCUT2D eigenvalue weighted by molar-refractivity contribution is 5.83. The van der Waals surface area contributed by atoms with Crippen molar-refractivity contribution in [1.29, 1.82) is 0 Å². The summed E-state index contributed by atoms with van der Waals surface area (Å²) in [4.78, 5) is 16.7. The van der Waals surface area contributed by atoms with Crippen molar-refractivity contribution in [2.75, 3.05) is 19.7 Å². The number of aliphatic hydroxyl groups excluding tert-OH is 4. The van der Waals surface area contributed by atoms with Crippen LogP contribution in [0.4, 0.5) is 0 Å². The zero-order valence-electron chi connectivity index (χ0n) is 25.2. The molecule has 4 saturated carbocycles. The highest BCUT2D eigenvalue weighted by Crippen LogP contribution is 2.66. The third kappa shape index (κ3) is 4.60. The number of piperidine rings is 2. The Labute approximate surface area is 245 Å². The number of ether oxygens (including phenoxy) is 2. The molecule has 7 aliphatic rings. The van der Waals surface area contributed by atoms with E-state index in [4.69, 9.17) is 9.47 Å². The van der Waals surface area contributed by atoms with Crippen LogP contribution in [0, 0.1) is 58.7 Å². The van der Waals surface area contributed by atoms with Gasteiger partial charge in [-0.05, 0) is 104 Å². The number of ketones is 1. The van der Waals surface area contributed by atoms with Crippen LogP contribution >= 0.6 is 0 Å². The summed E-state index contributed by atoms with van der Waals surface area (Å²) in [7, 11) is 0. The quantitative estimate of drug-likeness (QED) is 0.379. The van der Waals surface area contributed by atoms with E-state index in [1.807, 2.05) is 0 Å². The van der Waals surface area contributed by atoms with E-state index >= 15 is 0 Å². The molecule has 0 aromatic heterocycles. The lowest BCUT2D eigenvalue weighted by atomic mass is 9.51. The van der Waals surface area contributed by atoms with E-state index in [0.29, 0.717) is 36.4 Å². The lowest BCUT2D eigenvalue weighted by Gasteiger charge is -2.56. The van der Waals surface area contributed by atoms with Gasteiger partial charge in [0.15, 0.2) is 6.29 Å². The van der Waals surface area contributed by atoms with Crippen molar-refractivity contribution in [3.05, 3.63) is 0 Å². The van der Waals surface area contributed by atoms with Gasteiger partial charge in [-0.2, -0.15) is 0 Å². The van der Waals surface area contributed by atoms with Crippen LogP contribution in [-0.4, -0.2) is 93.7 Å². The molecule has 4 N–H and O–H groups in total. The normalized spacial score (nSPS) is 57.2. The summed E-state index contributed by atoms with van der Waals surface area (Å²) < 4.78 is 11.8. The lowest BCUT2D eigenvalue weighted by molar-refractivity contribution is -0.315. The minimum absolute atomic E-state index is 0.0233. The molecule has 0 radical (unpaired) electrons. The fourth-order valence-corrected chi connectivity index (χ4v) is 11.8. The van der Waals surface area contributed by atoms with Crippen molar-refractivity contribution in [1.82, 2.24) is 4.90 Å². The average molecular weight is 576 g/mol. The molecule has 3 saturated heterocycles. The smallest absolute Gasteiger partial charge is 0.186 e. The Balaban J connectivity index is 1.06. The van der Waals surface area contributed by atoms with Gasteiger partial charge in [-0.3, -0.25) is 9.69 Å². The van der Waals surface area contributed by atoms with Crippen molar-refractivity contribution in [2.24, 2.45) is 58.7 Å². The number of carbonyl (C=O) groups excluding carboxylic acids is 1. The molecule has 8 heteroatoms. The summed E-state index contributed by atoms with van der Waals surface area (Å²) in [5.41, 5.74) is -0.0233. The number of hydrogen-bond acceptors (Lipinski definition) is 8. The largest absolute Gasteiger partial charge is 0.394 e. The highest BCUT2D eigenvalue weighted by Gasteiger charge is 2.63. The summed E-state index contributed by atoms with van der Waals surface area (Å²) >= 11 is 0. The summed E-state index contributed by atoms with van der Waals surface area (Å²) in [6.07, 6.45) is 3.05. The minimum atomic E-state index is -1.45. The second kappa shape index (κ2) is 10.8. The third-order valence-corrected chi connectivity index (χ3v) is 13.9. The van der Waals surface area contributed by atoms with E-state index in [1.165, 1.54) is 45.2 Å². The monoisotopic (exact) mass is 575 g/mol. The van der Waals surface area contributed by atoms with Crippen LogP contribution in [0.2, 0.25) is 0 Å². The van der Waals surface area contributed by atoms with Crippen LogP contribution in [0.1, 0.15) is 78.6 Å². The Kier molecular flexibility index (Phi) is 7.66. The van der Waals surface area contributed by atoms with Gasteiger partial charge < -0.3 is 29.9 Å². The number of Topliss-reactive ketones (excluding diaryl/α,β-unsaturated/α-hetero) is 1. The zero-order chi connectivity index (χ0) is 28.8. The van der Waals surface area contributed by atoms with Crippen molar-refractivity contribution in [2.45, 2.75) is 121 Å². The van der Waals surface area contributed by atoms with Gasteiger partial charge in [0.05, 0.1) is 12.7 Å². The van der Waals surface area contributed by atoms with Crippen LogP contribution in [-0.2, 0) is 14.3 Å². The Morgan fingerprint density at radius 3 is 2.46 bits per heavy atom. The van der Waals surface area contributed by atoms with Crippen molar-refractivity contribution in [3.8, 4) is 0 Å². The predicted octanol–water partition coefficient (Wildman–Crippen LogP) is 2.60. The number of hydrogen-bond donors (Lipinski definition) is 4. The van der Waals surface area contributed by atoms with E-state index in [-0.39, 0.29) is 17.4 Å². The first-order valence-corrected chi connectivity index (χ1v) is 16.8. The fourth-order valence-electron chi connectivity index (χ4n) is 11.8. The Morgan fingerprint density at radius 2 is 1.68 bits per heavy atom. The maximum Gasteiger partial charge on any atom is 0.186 e. The molecule has 7 rings (SSSR count). The van der Waals surface area contributed by atoms with E-state index in [1.54, 1.807) is 0 Å². The Bertz CT molecular complexity index is 991. The number of nitrogens with zero attached hydrogens (tertiary/aromatic N) is 1. The third-order valence-electron chi connectivity index (χ3n) is 13.9. The molecule has 17 atom stereocenters. The lowest BCUT2D eigenvalue weighted by Crippen LogP contribution is -2.60. The van der Waals surface area contributed by atoms with Gasteiger partial charge in [0.1, 0.15) is 30.2 Å². The zero-order valence-corrected chi connectivity index (χ0v) is 25.2. The number of aliphatic hydroxyl groups is 4. The van der Waals surface area contributed by atoms with E-state index in [0.717, 1.165) is 48.5 Å². The fraction of sp³-hybridized carbons (Fsp3) is 0.970. The van der Waals surface area contributed by atoms with Crippen LogP contribution in [0.5, 0.6) is 0 Å². The molecule has 7 fully saturated rings. The summed E-state index contributed by atoms with van der Waals surface area (Å²) in [6, 6.07) is 0.773. The van der Waals surface area contributed by atoms with Gasteiger partial charge in [0.2, 0.25) is 0 Å². The molecule has 0 unspecified atom stereocenters. The molecule has 3 aliphatic heterocycles. The highest BCUT2D eigenvalue weighted by atomic mass is 16.7. The predicted molar refractivity (Wildman–Crippen MR) is 151 cm³/mol. The first-order chi connectivity index (χ1) is 19.6. The Morgan fingerprint density at radius 1 is 0.902 bits per heavy atom. The van der Waals surface area contributed by atoms with Gasteiger partial charge in [0, 0.05) is 31.5 Å². The first-order valence-electron chi connectivity index (χ1n) is 16.8. The number of rotatable bonds is 3. The standard InChI is InChI=1S/C33H53NO7/c1-16-4-7-26-17(2)19-5-6-20-21(23(19)14-34(26)13-16)11-24-22(20)12-27(36)25-10-18(8-9-33(24,25)3)40-32-31(39)30(38)29(37)28(15-35)41-32/h16-26,28-32,35,37-39H,4-15H2,1-3H3/t16-,17-,18+,19+,20-,21-,22+,23-,24+,25-,26+,28-,29-,30+,31-,32-,33-/m1/s1. The summed E-state index contributed by atoms with van der Waals surface area (Å²) in [5, 5.41) is 40.4. The van der Waals surface area contributed by atoms with Gasteiger partial charge in [0.25, 0.3) is 0 Å². The first kappa shape index (κ1) is 29.1. The van der Waals surface area contributed by atoms with Crippen molar-refractivity contribution in [3.63, 3.8) is 0 Å². The molecule has 8 nitrogen and oxygen atoms in total. The van der Waals surface area contributed by atoms with Crippen molar-refractivity contribution < 1.29 is 34.7 Å². The molecule has 4 aliphatic carbocycles. The number of fused-ring (bicyclic) bond motifs is 8. The molecule has 0 amide bonds. The topological polar surface area (TPSA) is 120 Å². The molecule has 41 heavy (non-hydrogen) atoms. The van der Waals surface area contributed by atoms with E-state index in [2.05, 4.69) is 25.7 Å². The van der Waals surface area contributed by atoms with E-state index in [9.17, 15) is 25.2 Å². The van der Waals surface area contributed by atoms with Gasteiger partial charge >= 0.3 is 0 Å². The Hall–Kier alpha value is -0.610.